The molecule has 0 atom stereocenters. The Morgan fingerprint density at radius 2 is 2.12 bits per heavy atom. The van der Waals surface area contributed by atoms with Crippen LogP contribution in [0.2, 0.25) is 0 Å². The summed E-state index contributed by atoms with van der Waals surface area (Å²) in [7, 11) is 0. The van der Waals surface area contributed by atoms with Crippen LogP contribution in [0, 0.1) is 12.3 Å². The van der Waals surface area contributed by atoms with Crippen molar-refractivity contribution in [2.45, 2.75) is 4.90 Å². The van der Waals surface area contributed by atoms with Gasteiger partial charge in [-0.15, -0.1) is 18.2 Å². The van der Waals surface area contributed by atoms with E-state index >= 15 is 0 Å². The van der Waals surface area contributed by atoms with Crippen LogP contribution in [0.5, 0.6) is 11.5 Å². The molecule has 1 aliphatic rings. The molecule has 0 amide bonds. The van der Waals surface area contributed by atoms with Crippen molar-refractivity contribution in [3.63, 3.8) is 0 Å². The number of thioether (sulfide) groups is 1. The maximum Gasteiger partial charge on any atom is 0.162 e. The van der Waals surface area contributed by atoms with Crippen molar-refractivity contribution in [1.29, 1.82) is 0 Å². The van der Waals surface area contributed by atoms with Crippen LogP contribution in [0.15, 0.2) is 23.1 Å². The summed E-state index contributed by atoms with van der Waals surface area (Å²) in [4.78, 5) is 1.19. The number of hydrogen-bond donors (Lipinski definition) is 1. The average Bonchev–Trinajstić information content (AvgIpc) is 2.38. The van der Waals surface area contributed by atoms with E-state index in [1.807, 2.05) is 12.1 Å². The first-order valence-corrected chi connectivity index (χ1v) is 6.55. The highest BCUT2D eigenvalue weighted by Gasteiger charge is 2.11. The van der Waals surface area contributed by atoms with Gasteiger partial charge < -0.3 is 14.8 Å². The van der Waals surface area contributed by atoms with E-state index in [-0.39, 0.29) is 0 Å². The molecule has 1 aliphatic heterocycles. The van der Waals surface area contributed by atoms with Crippen molar-refractivity contribution in [1.82, 2.24) is 5.32 Å². The molecule has 1 aromatic carbocycles. The zero-order valence-electron chi connectivity index (χ0n) is 9.57. The topological polar surface area (TPSA) is 30.5 Å². The van der Waals surface area contributed by atoms with Gasteiger partial charge >= 0.3 is 0 Å². The van der Waals surface area contributed by atoms with Crippen molar-refractivity contribution in [3.05, 3.63) is 18.2 Å². The normalized spacial score (nSPS) is 13.1. The van der Waals surface area contributed by atoms with E-state index in [1.165, 1.54) is 4.90 Å². The van der Waals surface area contributed by atoms with E-state index in [1.54, 1.807) is 11.8 Å². The maximum atomic E-state index is 5.53. The van der Waals surface area contributed by atoms with Crippen LogP contribution in [0.1, 0.15) is 0 Å². The second kappa shape index (κ2) is 6.43. The van der Waals surface area contributed by atoms with Gasteiger partial charge in [0.2, 0.25) is 0 Å². The zero-order chi connectivity index (χ0) is 11.9. The molecule has 90 valence electrons. The number of benzene rings is 1. The first-order valence-electron chi connectivity index (χ1n) is 5.57. The SMILES string of the molecule is C#CCNCCSc1ccc2c(c1)OCCO2. The Labute approximate surface area is 106 Å². The molecule has 0 saturated carbocycles. The Morgan fingerprint density at radius 3 is 2.94 bits per heavy atom. The maximum absolute atomic E-state index is 5.53. The fourth-order valence-corrected chi connectivity index (χ4v) is 2.35. The van der Waals surface area contributed by atoms with Crippen LogP contribution in [-0.2, 0) is 0 Å². The van der Waals surface area contributed by atoms with E-state index in [9.17, 15) is 0 Å². The third-order valence-corrected chi connectivity index (χ3v) is 3.28. The van der Waals surface area contributed by atoms with Crippen LogP contribution in [0.3, 0.4) is 0 Å². The summed E-state index contributed by atoms with van der Waals surface area (Å²) in [5.41, 5.74) is 0. The predicted molar refractivity (Wildman–Crippen MR) is 69.9 cm³/mol. The summed E-state index contributed by atoms with van der Waals surface area (Å²) >= 11 is 1.78. The van der Waals surface area contributed by atoms with E-state index < -0.39 is 0 Å². The van der Waals surface area contributed by atoms with E-state index in [4.69, 9.17) is 15.9 Å². The quantitative estimate of drug-likeness (QED) is 0.489. The van der Waals surface area contributed by atoms with Crippen LogP contribution in [-0.4, -0.2) is 32.1 Å². The number of ether oxygens (including phenoxy) is 2. The lowest BCUT2D eigenvalue weighted by molar-refractivity contribution is 0.171. The number of hydrogen-bond acceptors (Lipinski definition) is 4. The fourth-order valence-electron chi connectivity index (χ4n) is 1.52. The van der Waals surface area contributed by atoms with Gasteiger partial charge in [-0.25, -0.2) is 0 Å². The van der Waals surface area contributed by atoms with Crippen molar-refractivity contribution in [2.24, 2.45) is 0 Å². The minimum absolute atomic E-state index is 0.627. The second-order valence-corrected chi connectivity index (χ2v) is 4.70. The molecule has 0 aromatic heterocycles. The molecule has 0 radical (unpaired) electrons. The number of fused-ring (bicyclic) bond motifs is 1. The van der Waals surface area contributed by atoms with Gasteiger partial charge in [-0.1, -0.05) is 5.92 Å². The molecule has 3 nitrogen and oxygen atoms in total. The zero-order valence-corrected chi connectivity index (χ0v) is 10.4. The average molecular weight is 249 g/mol. The number of terminal acetylenes is 1. The highest BCUT2D eigenvalue weighted by atomic mass is 32.2. The molecule has 0 unspecified atom stereocenters. The molecule has 4 heteroatoms. The van der Waals surface area contributed by atoms with E-state index in [0.717, 1.165) is 23.8 Å². The second-order valence-electron chi connectivity index (χ2n) is 3.53. The summed E-state index contributed by atoms with van der Waals surface area (Å²) in [6, 6.07) is 6.05. The Kier molecular flexibility index (Phi) is 4.60. The molecule has 0 saturated heterocycles. The van der Waals surface area contributed by atoms with Gasteiger partial charge in [0.25, 0.3) is 0 Å². The lowest BCUT2D eigenvalue weighted by Gasteiger charge is -2.18. The first kappa shape index (κ1) is 12.2. The van der Waals surface area contributed by atoms with Gasteiger partial charge in [-0.05, 0) is 18.2 Å². The lowest BCUT2D eigenvalue weighted by Crippen LogP contribution is -2.17. The van der Waals surface area contributed by atoms with Crippen molar-refractivity contribution < 1.29 is 9.47 Å². The highest BCUT2D eigenvalue weighted by molar-refractivity contribution is 7.99. The van der Waals surface area contributed by atoms with Crippen LogP contribution in [0.25, 0.3) is 0 Å². The van der Waals surface area contributed by atoms with Gasteiger partial charge in [0.1, 0.15) is 13.2 Å². The van der Waals surface area contributed by atoms with Gasteiger partial charge in [-0.2, -0.15) is 0 Å². The summed E-state index contributed by atoms with van der Waals surface area (Å²) in [5.74, 6) is 5.22. The smallest absolute Gasteiger partial charge is 0.162 e. The van der Waals surface area contributed by atoms with Gasteiger partial charge in [0.15, 0.2) is 11.5 Å². The molecular weight excluding hydrogens is 234 g/mol. The summed E-state index contributed by atoms with van der Waals surface area (Å²) in [5, 5.41) is 3.15. The predicted octanol–water partition coefficient (Wildman–Crippen LogP) is 1.77. The molecular formula is C13H15NO2S. The lowest BCUT2D eigenvalue weighted by atomic mass is 10.3. The molecule has 0 fully saturated rings. The summed E-state index contributed by atoms with van der Waals surface area (Å²) in [6.07, 6.45) is 5.15. The van der Waals surface area contributed by atoms with Crippen molar-refractivity contribution in [2.75, 3.05) is 32.1 Å². The van der Waals surface area contributed by atoms with Gasteiger partial charge in [0.05, 0.1) is 6.54 Å². The Bertz CT molecular complexity index is 414. The summed E-state index contributed by atoms with van der Waals surface area (Å²) in [6.45, 7) is 2.80. The molecule has 0 aliphatic carbocycles. The molecule has 1 heterocycles. The van der Waals surface area contributed by atoms with E-state index in [2.05, 4.69) is 17.3 Å². The molecule has 1 N–H and O–H groups in total. The monoisotopic (exact) mass is 249 g/mol. The fraction of sp³-hybridized carbons (Fsp3) is 0.385. The summed E-state index contributed by atoms with van der Waals surface area (Å²) < 4.78 is 11.0. The minimum Gasteiger partial charge on any atom is -0.486 e. The standard InChI is InChI=1S/C13H15NO2S/c1-2-5-14-6-9-17-11-3-4-12-13(10-11)16-8-7-15-12/h1,3-4,10,14H,5-9H2. The highest BCUT2D eigenvalue weighted by Crippen LogP contribution is 2.33. The van der Waals surface area contributed by atoms with Gasteiger partial charge in [0, 0.05) is 17.2 Å². The Hall–Kier alpha value is -1.31. The largest absolute Gasteiger partial charge is 0.486 e. The van der Waals surface area contributed by atoms with Crippen molar-refractivity contribution >= 4 is 11.8 Å². The molecule has 17 heavy (non-hydrogen) atoms. The molecule has 2 rings (SSSR count). The van der Waals surface area contributed by atoms with Crippen molar-refractivity contribution in [3.8, 4) is 23.8 Å². The molecule has 0 bridgehead atoms. The minimum atomic E-state index is 0.627. The number of rotatable bonds is 5. The number of nitrogens with one attached hydrogen (secondary N) is 1. The third kappa shape index (κ3) is 3.58. The third-order valence-electron chi connectivity index (χ3n) is 2.29. The van der Waals surface area contributed by atoms with Gasteiger partial charge in [-0.3, -0.25) is 0 Å². The van der Waals surface area contributed by atoms with E-state index in [0.29, 0.717) is 19.8 Å². The van der Waals surface area contributed by atoms with Crippen LogP contribution in [0.4, 0.5) is 0 Å². The Morgan fingerprint density at radius 1 is 1.29 bits per heavy atom. The Balaban J connectivity index is 1.83. The first-order chi connectivity index (χ1) is 8.40. The molecule has 1 aromatic rings. The molecule has 0 spiro atoms. The van der Waals surface area contributed by atoms with Crippen LogP contribution < -0.4 is 14.8 Å². The van der Waals surface area contributed by atoms with Crippen LogP contribution >= 0.6 is 11.8 Å².